The van der Waals surface area contributed by atoms with E-state index in [1.54, 1.807) is 10.7 Å². The number of rotatable bonds is 1. The van der Waals surface area contributed by atoms with E-state index in [0.717, 1.165) is 10.9 Å². The Balaban J connectivity index is 2.80. The number of ether oxygens (including phenoxy) is 1. The summed E-state index contributed by atoms with van der Waals surface area (Å²) in [6, 6.07) is 5.43. The van der Waals surface area contributed by atoms with Crippen molar-refractivity contribution in [3.8, 4) is 0 Å². The van der Waals surface area contributed by atoms with E-state index in [1.807, 2.05) is 19.2 Å². The number of carbonyl (C=O) groups excluding carboxylic acids is 1. The molecule has 0 N–H and O–H groups in total. The van der Waals surface area contributed by atoms with Crippen LogP contribution in [-0.4, -0.2) is 22.9 Å². The van der Waals surface area contributed by atoms with Gasteiger partial charge in [0.05, 0.1) is 18.2 Å². The minimum Gasteiger partial charge on any atom is -0.465 e. The SMILES string of the molecule is COC(=O)c1cccc2c1c(Br)nn2C. The maximum absolute atomic E-state index is 11.5. The Morgan fingerprint density at radius 1 is 1.53 bits per heavy atom. The first kappa shape index (κ1) is 10.2. The highest BCUT2D eigenvalue weighted by atomic mass is 79.9. The summed E-state index contributed by atoms with van der Waals surface area (Å²) in [7, 11) is 3.19. The lowest BCUT2D eigenvalue weighted by Crippen LogP contribution is -2.01. The predicted molar refractivity (Wildman–Crippen MR) is 59.8 cm³/mol. The molecule has 1 heterocycles. The number of nitrogens with zero attached hydrogens (tertiary/aromatic N) is 2. The van der Waals surface area contributed by atoms with Gasteiger partial charge >= 0.3 is 5.97 Å². The molecule has 0 amide bonds. The number of benzene rings is 1. The molecule has 1 aromatic carbocycles. The Bertz CT molecular complexity index is 533. The van der Waals surface area contributed by atoms with E-state index in [-0.39, 0.29) is 5.97 Å². The molecule has 0 saturated heterocycles. The van der Waals surface area contributed by atoms with Crippen LogP contribution < -0.4 is 0 Å². The van der Waals surface area contributed by atoms with E-state index >= 15 is 0 Å². The third kappa shape index (κ3) is 1.52. The summed E-state index contributed by atoms with van der Waals surface area (Å²) < 4.78 is 7.08. The summed E-state index contributed by atoms with van der Waals surface area (Å²) in [6.07, 6.45) is 0. The van der Waals surface area contributed by atoms with Gasteiger partial charge in [0.1, 0.15) is 4.60 Å². The second-order valence-electron chi connectivity index (χ2n) is 3.11. The normalized spacial score (nSPS) is 10.6. The van der Waals surface area contributed by atoms with Gasteiger partial charge in [0.25, 0.3) is 0 Å². The van der Waals surface area contributed by atoms with Gasteiger partial charge in [-0.25, -0.2) is 4.79 Å². The van der Waals surface area contributed by atoms with Crippen molar-refractivity contribution < 1.29 is 9.53 Å². The number of aryl methyl sites for hydroxylation is 1. The molecule has 0 unspecified atom stereocenters. The topological polar surface area (TPSA) is 44.1 Å². The van der Waals surface area contributed by atoms with Crippen LogP contribution in [0.3, 0.4) is 0 Å². The minimum absolute atomic E-state index is 0.352. The summed E-state index contributed by atoms with van der Waals surface area (Å²) >= 11 is 3.33. The zero-order valence-electron chi connectivity index (χ0n) is 8.32. The van der Waals surface area contributed by atoms with Crippen LogP contribution in [0.5, 0.6) is 0 Å². The molecule has 5 heteroatoms. The smallest absolute Gasteiger partial charge is 0.338 e. The third-order valence-electron chi connectivity index (χ3n) is 2.24. The Labute approximate surface area is 95.0 Å². The lowest BCUT2D eigenvalue weighted by atomic mass is 10.1. The van der Waals surface area contributed by atoms with E-state index in [0.29, 0.717) is 10.2 Å². The van der Waals surface area contributed by atoms with Crippen LogP contribution in [0.1, 0.15) is 10.4 Å². The van der Waals surface area contributed by atoms with Crippen LogP contribution in [0, 0.1) is 0 Å². The second-order valence-corrected chi connectivity index (χ2v) is 3.86. The first-order valence-electron chi connectivity index (χ1n) is 4.34. The van der Waals surface area contributed by atoms with Crippen LogP contribution in [0.15, 0.2) is 22.8 Å². The van der Waals surface area contributed by atoms with Gasteiger partial charge in [0.2, 0.25) is 0 Å². The Hall–Kier alpha value is -1.36. The van der Waals surface area contributed by atoms with Gasteiger partial charge in [-0.2, -0.15) is 5.10 Å². The summed E-state index contributed by atoms with van der Waals surface area (Å²) in [5.41, 5.74) is 1.42. The molecular weight excluding hydrogens is 260 g/mol. The van der Waals surface area contributed by atoms with E-state index < -0.39 is 0 Å². The van der Waals surface area contributed by atoms with Gasteiger partial charge < -0.3 is 4.74 Å². The maximum atomic E-state index is 11.5. The second kappa shape index (κ2) is 3.66. The summed E-state index contributed by atoms with van der Waals surface area (Å²) in [5, 5.41) is 4.98. The highest BCUT2D eigenvalue weighted by molar-refractivity contribution is 9.10. The monoisotopic (exact) mass is 268 g/mol. The van der Waals surface area contributed by atoms with Gasteiger partial charge in [0.15, 0.2) is 0 Å². The molecule has 78 valence electrons. The molecule has 1 aromatic heterocycles. The van der Waals surface area contributed by atoms with Gasteiger partial charge in [-0.1, -0.05) is 6.07 Å². The van der Waals surface area contributed by atoms with Gasteiger partial charge in [-0.3, -0.25) is 4.68 Å². The number of halogens is 1. The first-order chi connectivity index (χ1) is 7.15. The van der Waals surface area contributed by atoms with Gasteiger partial charge in [0, 0.05) is 12.4 Å². The number of aromatic nitrogens is 2. The van der Waals surface area contributed by atoms with Gasteiger partial charge in [-0.05, 0) is 28.1 Å². The largest absolute Gasteiger partial charge is 0.465 e. The fourth-order valence-electron chi connectivity index (χ4n) is 1.54. The lowest BCUT2D eigenvalue weighted by Gasteiger charge is -2.00. The molecule has 0 aliphatic heterocycles. The van der Waals surface area contributed by atoms with E-state index in [4.69, 9.17) is 4.74 Å². The van der Waals surface area contributed by atoms with E-state index in [1.165, 1.54) is 7.11 Å². The van der Waals surface area contributed by atoms with Crippen molar-refractivity contribution in [2.24, 2.45) is 7.05 Å². The van der Waals surface area contributed by atoms with Crippen LogP contribution >= 0.6 is 15.9 Å². The highest BCUT2D eigenvalue weighted by Gasteiger charge is 2.15. The van der Waals surface area contributed by atoms with E-state index in [2.05, 4.69) is 21.0 Å². The molecule has 0 radical (unpaired) electrons. The Morgan fingerprint density at radius 3 is 2.93 bits per heavy atom. The number of hydrogen-bond acceptors (Lipinski definition) is 3. The number of esters is 1. The molecule has 0 fully saturated rings. The fourth-order valence-corrected chi connectivity index (χ4v) is 2.20. The van der Waals surface area contributed by atoms with Crippen molar-refractivity contribution in [2.75, 3.05) is 7.11 Å². The molecule has 2 aromatic rings. The summed E-state index contributed by atoms with van der Waals surface area (Å²) in [4.78, 5) is 11.5. The highest BCUT2D eigenvalue weighted by Crippen LogP contribution is 2.26. The predicted octanol–water partition coefficient (Wildman–Crippen LogP) is 2.12. The Morgan fingerprint density at radius 2 is 2.27 bits per heavy atom. The van der Waals surface area contributed by atoms with Crippen molar-refractivity contribution in [1.29, 1.82) is 0 Å². The zero-order valence-corrected chi connectivity index (χ0v) is 9.91. The molecule has 0 aliphatic carbocycles. The first-order valence-corrected chi connectivity index (χ1v) is 5.14. The number of methoxy groups -OCH3 is 1. The quantitative estimate of drug-likeness (QED) is 0.745. The molecule has 0 atom stereocenters. The number of hydrogen-bond donors (Lipinski definition) is 0. The standard InChI is InChI=1S/C10H9BrN2O2/c1-13-7-5-3-4-6(10(14)15-2)8(7)9(11)12-13/h3-5H,1-2H3. The van der Waals surface area contributed by atoms with Crippen LogP contribution in [0.25, 0.3) is 10.9 Å². The van der Waals surface area contributed by atoms with Crippen molar-refractivity contribution in [2.45, 2.75) is 0 Å². The molecule has 0 bridgehead atoms. The van der Waals surface area contributed by atoms with Crippen molar-refractivity contribution >= 4 is 32.8 Å². The summed E-state index contributed by atoms with van der Waals surface area (Å²) in [6.45, 7) is 0. The molecule has 0 spiro atoms. The van der Waals surface area contributed by atoms with Crippen LogP contribution in [0.2, 0.25) is 0 Å². The van der Waals surface area contributed by atoms with Crippen molar-refractivity contribution in [3.05, 3.63) is 28.4 Å². The molecular formula is C10H9BrN2O2. The number of carbonyl (C=O) groups is 1. The molecule has 0 aliphatic rings. The maximum Gasteiger partial charge on any atom is 0.338 e. The third-order valence-corrected chi connectivity index (χ3v) is 2.80. The average molecular weight is 269 g/mol. The molecule has 2 rings (SSSR count). The van der Waals surface area contributed by atoms with Crippen LogP contribution in [0.4, 0.5) is 0 Å². The molecule has 15 heavy (non-hydrogen) atoms. The molecule has 0 saturated carbocycles. The van der Waals surface area contributed by atoms with Crippen molar-refractivity contribution in [3.63, 3.8) is 0 Å². The zero-order chi connectivity index (χ0) is 11.0. The van der Waals surface area contributed by atoms with E-state index in [9.17, 15) is 4.79 Å². The van der Waals surface area contributed by atoms with Crippen molar-refractivity contribution in [1.82, 2.24) is 9.78 Å². The summed E-state index contributed by atoms with van der Waals surface area (Å²) in [5.74, 6) is -0.352. The fraction of sp³-hybridized carbons (Fsp3) is 0.200. The van der Waals surface area contributed by atoms with Gasteiger partial charge in [-0.15, -0.1) is 0 Å². The average Bonchev–Trinajstić information content (AvgIpc) is 2.54. The number of fused-ring (bicyclic) bond motifs is 1. The molecule has 4 nitrogen and oxygen atoms in total. The van der Waals surface area contributed by atoms with Crippen LogP contribution in [-0.2, 0) is 11.8 Å². The lowest BCUT2D eigenvalue weighted by molar-refractivity contribution is 0.0603. The minimum atomic E-state index is -0.352. The Kier molecular flexibility index (Phi) is 2.48.